The average Bonchev–Trinajstić information content (AvgIpc) is 2.73. The van der Waals surface area contributed by atoms with E-state index in [-0.39, 0.29) is 30.6 Å². The number of carbonyl (C=O) groups excluding carboxylic acids is 2. The Morgan fingerprint density at radius 1 is 1.53 bits per heavy atom. The Bertz CT molecular complexity index is 389. The first kappa shape index (κ1) is 15.5. The Kier molecular flexibility index (Phi) is 6.30. The van der Waals surface area contributed by atoms with Crippen LogP contribution in [0.1, 0.15) is 23.2 Å². The Hall–Kier alpha value is -1.53. The van der Waals surface area contributed by atoms with Crippen LogP contribution in [0.5, 0.6) is 0 Å². The smallest absolute Gasteiger partial charge is 0.373 e. The summed E-state index contributed by atoms with van der Waals surface area (Å²) < 4.78 is 9.61. The Morgan fingerprint density at radius 2 is 2.18 bits per heavy atom. The zero-order chi connectivity index (χ0) is 12.1. The van der Waals surface area contributed by atoms with E-state index in [4.69, 9.17) is 10.2 Å². The van der Waals surface area contributed by atoms with Crippen LogP contribution in [-0.2, 0) is 16.1 Å². The number of ether oxygens (including phenoxy) is 1. The number of hydrogen-bond acceptors (Lipinski definition) is 5. The predicted octanol–water partition coefficient (Wildman–Crippen LogP) is 0.451. The second-order valence-electron chi connectivity index (χ2n) is 3.26. The molecule has 0 fully saturated rings. The largest absolute Gasteiger partial charge is 0.463 e. The van der Waals surface area contributed by atoms with Gasteiger partial charge in [0.05, 0.1) is 19.7 Å². The van der Waals surface area contributed by atoms with Gasteiger partial charge >= 0.3 is 5.97 Å². The first-order chi connectivity index (χ1) is 7.54. The molecule has 0 bridgehead atoms. The monoisotopic (exact) mass is 262 g/mol. The number of furan rings is 1. The Balaban J connectivity index is 0.00000256. The van der Waals surface area contributed by atoms with E-state index in [1.807, 2.05) is 0 Å². The topological polar surface area (TPSA) is 94.6 Å². The highest BCUT2D eigenvalue weighted by Gasteiger charge is 2.12. The van der Waals surface area contributed by atoms with Gasteiger partial charge in [-0.25, -0.2) is 4.79 Å². The van der Waals surface area contributed by atoms with Gasteiger partial charge in [-0.2, -0.15) is 0 Å². The minimum Gasteiger partial charge on any atom is -0.463 e. The van der Waals surface area contributed by atoms with Crippen molar-refractivity contribution in [1.29, 1.82) is 0 Å². The molecule has 0 aliphatic heterocycles. The number of methoxy groups -OCH3 is 1. The van der Waals surface area contributed by atoms with Crippen molar-refractivity contribution in [3.63, 3.8) is 0 Å². The summed E-state index contributed by atoms with van der Waals surface area (Å²) in [6, 6.07) is 2.50. The highest BCUT2D eigenvalue weighted by atomic mass is 35.5. The summed E-state index contributed by atoms with van der Waals surface area (Å²) in [6.45, 7) is 1.77. The Labute approximate surface area is 105 Å². The molecule has 0 saturated heterocycles. The fourth-order valence-electron chi connectivity index (χ4n) is 1.02. The fourth-order valence-corrected chi connectivity index (χ4v) is 1.02. The van der Waals surface area contributed by atoms with E-state index in [1.54, 1.807) is 13.0 Å². The number of nitrogens with one attached hydrogen (secondary N) is 1. The SMILES string of the molecule is COC(=O)c1ccc(CNC(=O)[C@@H](C)N)o1.Cl. The summed E-state index contributed by atoms with van der Waals surface area (Å²) in [5.41, 5.74) is 5.36. The molecule has 0 saturated carbocycles. The van der Waals surface area contributed by atoms with Crippen LogP contribution in [-0.4, -0.2) is 25.0 Å². The van der Waals surface area contributed by atoms with Crippen LogP contribution in [0.25, 0.3) is 0 Å². The van der Waals surface area contributed by atoms with Crippen molar-refractivity contribution in [2.45, 2.75) is 19.5 Å². The van der Waals surface area contributed by atoms with E-state index in [0.29, 0.717) is 5.76 Å². The molecule has 1 aromatic heterocycles. The van der Waals surface area contributed by atoms with Crippen molar-refractivity contribution in [1.82, 2.24) is 5.32 Å². The van der Waals surface area contributed by atoms with Gasteiger partial charge in [-0.3, -0.25) is 4.79 Å². The maximum atomic E-state index is 11.1. The molecule has 1 aromatic rings. The van der Waals surface area contributed by atoms with Gasteiger partial charge in [-0.05, 0) is 19.1 Å². The van der Waals surface area contributed by atoms with Crippen LogP contribution in [0, 0.1) is 0 Å². The molecule has 1 heterocycles. The molecule has 3 N–H and O–H groups in total. The zero-order valence-electron chi connectivity index (χ0n) is 9.56. The number of halogens is 1. The van der Waals surface area contributed by atoms with Crippen molar-refractivity contribution >= 4 is 24.3 Å². The first-order valence-corrected chi connectivity index (χ1v) is 4.75. The molecule has 0 spiro atoms. The summed E-state index contributed by atoms with van der Waals surface area (Å²) in [7, 11) is 1.27. The number of amides is 1. The molecular formula is C10H15ClN2O4. The molecule has 1 amide bonds. The molecular weight excluding hydrogens is 248 g/mol. The number of hydrogen-bond donors (Lipinski definition) is 2. The summed E-state index contributed by atoms with van der Waals surface area (Å²) in [5.74, 6) is -0.261. The summed E-state index contributed by atoms with van der Waals surface area (Å²) >= 11 is 0. The molecule has 6 nitrogen and oxygen atoms in total. The molecule has 1 rings (SSSR count). The van der Waals surface area contributed by atoms with Crippen LogP contribution < -0.4 is 11.1 Å². The minimum atomic E-state index is -0.574. The molecule has 0 radical (unpaired) electrons. The lowest BCUT2D eigenvalue weighted by Gasteiger charge is -2.05. The van der Waals surface area contributed by atoms with Crippen LogP contribution in [0.15, 0.2) is 16.5 Å². The second-order valence-corrected chi connectivity index (χ2v) is 3.26. The van der Waals surface area contributed by atoms with Gasteiger partial charge in [0.25, 0.3) is 0 Å². The van der Waals surface area contributed by atoms with Crippen molar-refractivity contribution in [3.05, 3.63) is 23.7 Å². The quantitative estimate of drug-likeness (QED) is 0.769. The van der Waals surface area contributed by atoms with Crippen LogP contribution in [0.3, 0.4) is 0 Å². The maximum Gasteiger partial charge on any atom is 0.373 e. The van der Waals surface area contributed by atoms with Gasteiger partial charge in [0.2, 0.25) is 11.7 Å². The van der Waals surface area contributed by atoms with Gasteiger partial charge in [0.1, 0.15) is 5.76 Å². The van der Waals surface area contributed by atoms with E-state index >= 15 is 0 Å². The lowest BCUT2D eigenvalue weighted by molar-refractivity contribution is -0.122. The molecule has 0 aliphatic carbocycles. The van der Waals surface area contributed by atoms with Crippen molar-refractivity contribution in [2.24, 2.45) is 5.73 Å². The van der Waals surface area contributed by atoms with Crippen molar-refractivity contribution in [3.8, 4) is 0 Å². The second kappa shape index (κ2) is 6.93. The molecule has 96 valence electrons. The molecule has 0 unspecified atom stereocenters. The predicted molar refractivity (Wildman–Crippen MR) is 62.8 cm³/mol. The normalized spacial score (nSPS) is 11.2. The van der Waals surface area contributed by atoms with Crippen LogP contribution in [0.4, 0.5) is 0 Å². The molecule has 0 aliphatic rings. The molecule has 1 atom stereocenters. The average molecular weight is 263 g/mol. The van der Waals surface area contributed by atoms with E-state index in [1.165, 1.54) is 13.2 Å². The van der Waals surface area contributed by atoms with Crippen LogP contribution >= 0.6 is 12.4 Å². The number of esters is 1. The van der Waals surface area contributed by atoms with Gasteiger partial charge in [-0.1, -0.05) is 0 Å². The highest BCUT2D eigenvalue weighted by Crippen LogP contribution is 2.08. The lowest BCUT2D eigenvalue weighted by atomic mass is 10.3. The number of carbonyl (C=O) groups is 2. The van der Waals surface area contributed by atoms with E-state index in [0.717, 1.165) is 0 Å². The maximum absolute atomic E-state index is 11.1. The highest BCUT2D eigenvalue weighted by molar-refractivity contribution is 5.86. The van der Waals surface area contributed by atoms with E-state index < -0.39 is 12.0 Å². The van der Waals surface area contributed by atoms with Crippen LogP contribution in [0.2, 0.25) is 0 Å². The lowest BCUT2D eigenvalue weighted by Crippen LogP contribution is -2.37. The third-order valence-corrected chi connectivity index (χ3v) is 1.90. The van der Waals surface area contributed by atoms with Crippen molar-refractivity contribution in [2.75, 3.05) is 7.11 Å². The number of rotatable bonds is 4. The van der Waals surface area contributed by atoms with Gasteiger partial charge in [-0.15, -0.1) is 12.4 Å². The first-order valence-electron chi connectivity index (χ1n) is 4.75. The van der Waals surface area contributed by atoms with Gasteiger partial charge < -0.3 is 20.2 Å². The minimum absolute atomic E-state index is 0. The van der Waals surface area contributed by atoms with E-state index in [9.17, 15) is 9.59 Å². The van der Waals surface area contributed by atoms with Crippen molar-refractivity contribution < 1.29 is 18.7 Å². The summed E-state index contributed by atoms with van der Waals surface area (Å²) in [4.78, 5) is 22.2. The molecule has 7 heteroatoms. The Morgan fingerprint density at radius 3 is 2.71 bits per heavy atom. The van der Waals surface area contributed by atoms with E-state index in [2.05, 4.69) is 10.1 Å². The molecule has 17 heavy (non-hydrogen) atoms. The number of nitrogens with two attached hydrogens (primary N) is 1. The van der Waals surface area contributed by atoms with Gasteiger partial charge in [0, 0.05) is 0 Å². The fraction of sp³-hybridized carbons (Fsp3) is 0.400. The zero-order valence-corrected chi connectivity index (χ0v) is 10.4. The van der Waals surface area contributed by atoms with Gasteiger partial charge in [0.15, 0.2) is 0 Å². The summed E-state index contributed by atoms with van der Waals surface area (Å²) in [6.07, 6.45) is 0. The standard InChI is InChI=1S/C10H14N2O4.ClH/c1-6(11)9(13)12-5-7-3-4-8(16-7)10(14)15-2;/h3-4,6H,5,11H2,1-2H3,(H,12,13);1H/t6-;/m1./s1. The summed E-state index contributed by atoms with van der Waals surface area (Å²) in [5, 5.41) is 2.56. The molecule has 0 aromatic carbocycles. The third kappa shape index (κ3) is 4.46. The third-order valence-electron chi connectivity index (χ3n) is 1.90.